The summed E-state index contributed by atoms with van der Waals surface area (Å²) in [4.78, 5) is 0.0701. The van der Waals surface area contributed by atoms with Gasteiger partial charge in [0.05, 0.1) is 5.02 Å². The van der Waals surface area contributed by atoms with E-state index in [9.17, 15) is 8.42 Å². The van der Waals surface area contributed by atoms with E-state index in [0.717, 1.165) is 12.8 Å². The molecule has 0 aliphatic heterocycles. The maximum Gasteiger partial charge on any atom is 0.242 e. The molecule has 0 bridgehead atoms. The van der Waals surface area contributed by atoms with Crippen molar-refractivity contribution in [3.63, 3.8) is 0 Å². The molecule has 1 aromatic carbocycles. The fourth-order valence-electron chi connectivity index (χ4n) is 1.86. The van der Waals surface area contributed by atoms with Crippen molar-refractivity contribution in [2.75, 3.05) is 7.05 Å². The van der Waals surface area contributed by atoms with E-state index in [-0.39, 0.29) is 16.0 Å². The Morgan fingerprint density at radius 2 is 1.80 bits per heavy atom. The summed E-state index contributed by atoms with van der Waals surface area (Å²) in [5.41, 5.74) is 0.586. The minimum Gasteiger partial charge on any atom is -0.316 e. The Morgan fingerprint density at radius 3 is 2.30 bits per heavy atom. The van der Waals surface area contributed by atoms with Crippen molar-refractivity contribution in [3.05, 3.63) is 27.7 Å². The van der Waals surface area contributed by atoms with Gasteiger partial charge in [0, 0.05) is 23.2 Å². The van der Waals surface area contributed by atoms with E-state index >= 15 is 0 Å². The van der Waals surface area contributed by atoms with Crippen LogP contribution in [0.3, 0.4) is 0 Å². The van der Waals surface area contributed by atoms with E-state index in [1.54, 1.807) is 13.1 Å². The van der Waals surface area contributed by atoms with Gasteiger partial charge >= 0.3 is 0 Å². The molecule has 0 heterocycles. The molecule has 0 unspecified atom stereocenters. The normalized spacial score (nSPS) is 12.1. The molecule has 0 saturated heterocycles. The van der Waals surface area contributed by atoms with Crippen LogP contribution in [-0.2, 0) is 16.6 Å². The maximum atomic E-state index is 12.4. The first kappa shape index (κ1) is 17.7. The third-order valence-corrected chi connectivity index (χ3v) is 5.56. The van der Waals surface area contributed by atoms with E-state index in [4.69, 9.17) is 23.2 Å². The van der Waals surface area contributed by atoms with Gasteiger partial charge in [0.15, 0.2) is 0 Å². The Labute approximate surface area is 130 Å². The lowest BCUT2D eigenvalue weighted by Gasteiger charge is -2.17. The number of benzene rings is 1. The van der Waals surface area contributed by atoms with Crippen molar-refractivity contribution in [3.8, 4) is 0 Å². The number of hydrogen-bond donors (Lipinski definition) is 2. The van der Waals surface area contributed by atoms with Crippen LogP contribution >= 0.6 is 23.2 Å². The number of hydrogen-bond acceptors (Lipinski definition) is 3. The summed E-state index contributed by atoms with van der Waals surface area (Å²) in [5, 5.41) is 3.54. The monoisotopic (exact) mass is 338 g/mol. The molecule has 4 nitrogen and oxygen atoms in total. The van der Waals surface area contributed by atoms with E-state index in [0.29, 0.717) is 17.1 Å². The first-order valence-electron chi connectivity index (χ1n) is 6.51. The summed E-state index contributed by atoms with van der Waals surface area (Å²) in [6, 6.07) is 2.90. The molecule has 0 aromatic heterocycles. The van der Waals surface area contributed by atoms with Gasteiger partial charge in [-0.15, -0.1) is 0 Å². The first-order valence-corrected chi connectivity index (χ1v) is 8.75. The summed E-state index contributed by atoms with van der Waals surface area (Å²) in [5.74, 6) is 0. The zero-order chi connectivity index (χ0) is 15.3. The van der Waals surface area contributed by atoms with Crippen molar-refractivity contribution in [1.82, 2.24) is 10.0 Å². The quantitative estimate of drug-likeness (QED) is 0.802. The Balaban J connectivity index is 3.22. The molecule has 0 amide bonds. The average molecular weight is 339 g/mol. The van der Waals surface area contributed by atoms with Gasteiger partial charge in [-0.25, -0.2) is 13.1 Å². The summed E-state index contributed by atoms with van der Waals surface area (Å²) >= 11 is 12.3. The van der Waals surface area contributed by atoms with E-state index in [1.165, 1.54) is 6.07 Å². The predicted molar refractivity (Wildman–Crippen MR) is 83.9 cm³/mol. The molecule has 0 aliphatic rings. The molecule has 1 rings (SSSR count). The third-order valence-electron chi connectivity index (χ3n) is 3.10. The summed E-state index contributed by atoms with van der Waals surface area (Å²) in [7, 11) is -1.89. The molecule has 7 heteroatoms. The molecule has 20 heavy (non-hydrogen) atoms. The maximum absolute atomic E-state index is 12.4. The number of halogens is 2. The van der Waals surface area contributed by atoms with Crippen LogP contribution in [0.2, 0.25) is 10.0 Å². The molecule has 114 valence electrons. The van der Waals surface area contributed by atoms with Gasteiger partial charge in [-0.05, 0) is 32.0 Å². The van der Waals surface area contributed by atoms with E-state index in [2.05, 4.69) is 10.0 Å². The van der Waals surface area contributed by atoms with Crippen LogP contribution in [0.25, 0.3) is 0 Å². The van der Waals surface area contributed by atoms with E-state index in [1.807, 2.05) is 13.8 Å². The Morgan fingerprint density at radius 1 is 1.20 bits per heavy atom. The molecular weight excluding hydrogens is 319 g/mol. The van der Waals surface area contributed by atoms with Gasteiger partial charge in [0.25, 0.3) is 0 Å². The molecular formula is C13H20Cl2N2O2S. The van der Waals surface area contributed by atoms with Gasteiger partial charge in [-0.1, -0.05) is 37.0 Å². The summed E-state index contributed by atoms with van der Waals surface area (Å²) in [6.07, 6.45) is 1.45. The number of rotatable bonds is 7. The molecule has 0 radical (unpaired) electrons. The third kappa shape index (κ3) is 4.09. The zero-order valence-corrected chi connectivity index (χ0v) is 14.2. The van der Waals surface area contributed by atoms with Gasteiger partial charge in [0.2, 0.25) is 10.0 Å². The zero-order valence-electron chi connectivity index (χ0n) is 11.8. The minimum absolute atomic E-state index is 0.0701. The van der Waals surface area contributed by atoms with Gasteiger partial charge in [-0.2, -0.15) is 0 Å². The van der Waals surface area contributed by atoms with Gasteiger partial charge < -0.3 is 5.32 Å². The second-order valence-electron chi connectivity index (χ2n) is 4.50. The largest absolute Gasteiger partial charge is 0.316 e. The van der Waals surface area contributed by atoms with E-state index < -0.39 is 10.0 Å². The SMILES string of the molecule is CCC(CC)NS(=O)(=O)c1ccc(Cl)c(CNC)c1Cl. The van der Waals surface area contributed by atoms with Crippen LogP contribution in [0.15, 0.2) is 17.0 Å². The van der Waals surface area contributed by atoms with Crippen LogP contribution in [-0.4, -0.2) is 21.5 Å². The van der Waals surface area contributed by atoms with Crippen molar-refractivity contribution in [1.29, 1.82) is 0 Å². The molecule has 2 N–H and O–H groups in total. The van der Waals surface area contributed by atoms with Crippen LogP contribution in [0.5, 0.6) is 0 Å². The topological polar surface area (TPSA) is 58.2 Å². The highest BCUT2D eigenvalue weighted by atomic mass is 35.5. The Hall–Kier alpha value is -0.330. The molecule has 0 aliphatic carbocycles. The highest BCUT2D eigenvalue weighted by molar-refractivity contribution is 7.89. The standard InChI is InChI=1S/C13H20Cl2N2O2S/c1-4-9(5-2)17-20(18,19)12-7-6-11(14)10(8-16-3)13(12)15/h6-7,9,16-17H,4-5,8H2,1-3H3. The van der Waals surface area contributed by atoms with Gasteiger partial charge in [-0.3, -0.25) is 0 Å². The molecule has 0 spiro atoms. The molecule has 0 fully saturated rings. The number of sulfonamides is 1. The summed E-state index contributed by atoms with van der Waals surface area (Å²) in [6.45, 7) is 4.28. The van der Waals surface area contributed by atoms with Crippen LogP contribution in [0.4, 0.5) is 0 Å². The Bertz CT molecular complexity index is 558. The minimum atomic E-state index is -3.64. The summed E-state index contributed by atoms with van der Waals surface area (Å²) < 4.78 is 27.4. The predicted octanol–water partition coefficient (Wildman–Crippen LogP) is 3.18. The van der Waals surface area contributed by atoms with Crippen molar-refractivity contribution < 1.29 is 8.42 Å². The van der Waals surface area contributed by atoms with Gasteiger partial charge in [0.1, 0.15) is 4.90 Å². The second-order valence-corrected chi connectivity index (χ2v) is 6.97. The fourth-order valence-corrected chi connectivity index (χ4v) is 4.18. The number of nitrogens with one attached hydrogen (secondary N) is 2. The first-order chi connectivity index (χ1) is 9.37. The molecule has 0 saturated carbocycles. The van der Waals surface area contributed by atoms with Crippen LogP contribution < -0.4 is 10.0 Å². The van der Waals surface area contributed by atoms with Crippen LogP contribution in [0.1, 0.15) is 32.3 Å². The molecule has 1 aromatic rings. The van der Waals surface area contributed by atoms with Crippen molar-refractivity contribution in [2.45, 2.75) is 44.2 Å². The average Bonchev–Trinajstić information content (AvgIpc) is 2.40. The highest BCUT2D eigenvalue weighted by Gasteiger charge is 2.23. The van der Waals surface area contributed by atoms with Crippen molar-refractivity contribution in [2.24, 2.45) is 0 Å². The van der Waals surface area contributed by atoms with Crippen LogP contribution in [0, 0.1) is 0 Å². The second kappa shape index (κ2) is 7.61. The fraction of sp³-hybridized carbons (Fsp3) is 0.538. The lowest BCUT2D eigenvalue weighted by atomic mass is 10.2. The molecule has 0 atom stereocenters. The lowest BCUT2D eigenvalue weighted by Crippen LogP contribution is -2.34. The highest BCUT2D eigenvalue weighted by Crippen LogP contribution is 2.31. The lowest BCUT2D eigenvalue weighted by molar-refractivity contribution is 0.530. The smallest absolute Gasteiger partial charge is 0.242 e. The van der Waals surface area contributed by atoms with Crippen molar-refractivity contribution >= 4 is 33.2 Å². The Kier molecular flexibility index (Phi) is 6.75.